The van der Waals surface area contributed by atoms with Crippen molar-refractivity contribution >= 4 is 23.2 Å². The van der Waals surface area contributed by atoms with Crippen LogP contribution in [0.1, 0.15) is 37.6 Å². The molecule has 5 nitrogen and oxygen atoms in total. The fourth-order valence-electron chi connectivity index (χ4n) is 2.68. The molecule has 1 aromatic heterocycles. The lowest BCUT2D eigenvalue weighted by Crippen LogP contribution is -2.49. The predicted molar refractivity (Wildman–Crippen MR) is 82.2 cm³/mol. The van der Waals surface area contributed by atoms with Crippen LogP contribution in [0.3, 0.4) is 0 Å². The molecule has 1 aliphatic heterocycles. The second-order valence-electron chi connectivity index (χ2n) is 6.03. The minimum atomic E-state index is -1.02. The fourth-order valence-corrected chi connectivity index (χ4v) is 3.45. The molecule has 0 aliphatic carbocycles. The molecular weight excluding hydrogens is 288 g/mol. The Balaban J connectivity index is 2.09. The van der Waals surface area contributed by atoms with Gasteiger partial charge in [0.2, 0.25) is 5.91 Å². The van der Waals surface area contributed by atoms with Crippen molar-refractivity contribution in [3.63, 3.8) is 0 Å². The Labute approximate surface area is 128 Å². The van der Waals surface area contributed by atoms with Crippen LogP contribution in [-0.2, 0) is 9.59 Å². The Morgan fingerprint density at radius 2 is 2.29 bits per heavy atom. The van der Waals surface area contributed by atoms with Crippen LogP contribution in [0.25, 0.3) is 0 Å². The average molecular weight is 310 g/mol. The van der Waals surface area contributed by atoms with Crippen molar-refractivity contribution in [1.29, 1.82) is 0 Å². The first-order valence-electron chi connectivity index (χ1n) is 7.21. The third-order valence-corrected chi connectivity index (χ3v) is 5.19. The van der Waals surface area contributed by atoms with Crippen LogP contribution in [0.5, 0.6) is 0 Å². The lowest BCUT2D eigenvalue weighted by Gasteiger charge is -2.36. The highest BCUT2D eigenvalue weighted by molar-refractivity contribution is 7.10. The molecule has 1 amide bonds. The van der Waals surface area contributed by atoms with E-state index in [1.165, 1.54) is 11.3 Å². The Hall–Kier alpha value is -1.40. The van der Waals surface area contributed by atoms with E-state index in [9.17, 15) is 14.7 Å². The first-order chi connectivity index (χ1) is 9.93. The van der Waals surface area contributed by atoms with E-state index in [1.54, 1.807) is 12.1 Å². The summed E-state index contributed by atoms with van der Waals surface area (Å²) in [4.78, 5) is 24.6. The van der Waals surface area contributed by atoms with Crippen LogP contribution in [0, 0.1) is 11.3 Å². The summed E-state index contributed by atoms with van der Waals surface area (Å²) in [6.07, 6.45) is 2.04. The standard InChI is InChI=1S/C15H22N2O3S/c1-15(2,10-5-3-7-16-9-10)14(20)17-12(13(18)19)11-6-4-8-21-11/h4,6,8,10,12,16H,3,5,7,9H2,1-2H3,(H,17,20)(H,18,19). The summed E-state index contributed by atoms with van der Waals surface area (Å²) in [5, 5.41) is 17.2. The van der Waals surface area contributed by atoms with Gasteiger partial charge in [-0.25, -0.2) is 4.79 Å². The summed E-state index contributed by atoms with van der Waals surface area (Å²) in [5.74, 6) is -0.996. The van der Waals surface area contributed by atoms with Gasteiger partial charge in [-0.1, -0.05) is 19.9 Å². The summed E-state index contributed by atoms with van der Waals surface area (Å²) in [5.41, 5.74) is -0.585. The van der Waals surface area contributed by atoms with Crippen LogP contribution >= 0.6 is 11.3 Å². The number of piperidine rings is 1. The Bertz CT molecular complexity index is 493. The first kappa shape index (κ1) is 16.0. The number of nitrogens with one attached hydrogen (secondary N) is 2. The van der Waals surface area contributed by atoms with Gasteiger partial charge in [0, 0.05) is 10.3 Å². The van der Waals surface area contributed by atoms with Gasteiger partial charge in [-0.15, -0.1) is 11.3 Å². The molecule has 0 radical (unpaired) electrons. The van der Waals surface area contributed by atoms with Gasteiger partial charge in [-0.05, 0) is 43.3 Å². The zero-order valence-corrected chi connectivity index (χ0v) is 13.2. The number of carbonyl (C=O) groups excluding carboxylic acids is 1. The van der Waals surface area contributed by atoms with Crippen LogP contribution in [-0.4, -0.2) is 30.1 Å². The summed E-state index contributed by atoms with van der Waals surface area (Å²) in [6.45, 7) is 5.58. The third-order valence-electron chi connectivity index (χ3n) is 4.25. The zero-order valence-electron chi connectivity index (χ0n) is 12.4. The molecular formula is C15H22N2O3S. The van der Waals surface area contributed by atoms with Crippen LogP contribution < -0.4 is 10.6 Å². The van der Waals surface area contributed by atoms with Crippen LogP contribution in [0.15, 0.2) is 17.5 Å². The number of carboxylic acids is 1. The fraction of sp³-hybridized carbons (Fsp3) is 0.600. The van der Waals surface area contributed by atoms with Crippen molar-refractivity contribution in [2.45, 2.75) is 32.7 Å². The minimum absolute atomic E-state index is 0.197. The van der Waals surface area contributed by atoms with E-state index >= 15 is 0 Å². The SMILES string of the molecule is CC(C)(C(=O)NC(C(=O)O)c1cccs1)C1CCCNC1. The monoisotopic (exact) mass is 310 g/mol. The molecule has 0 spiro atoms. The maximum Gasteiger partial charge on any atom is 0.331 e. The number of carboxylic acid groups (broad SMARTS) is 1. The van der Waals surface area contributed by atoms with Gasteiger partial charge >= 0.3 is 5.97 Å². The number of aliphatic carboxylic acids is 1. The molecule has 1 fully saturated rings. The Morgan fingerprint density at radius 1 is 1.52 bits per heavy atom. The van der Waals surface area contributed by atoms with E-state index < -0.39 is 17.4 Å². The molecule has 1 saturated heterocycles. The lowest BCUT2D eigenvalue weighted by atomic mass is 9.74. The number of thiophene rings is 1. The molecule has 3 N–H and O–H groups in total. The topological polar surface area (TPSA) is 78.4 Å². The Morgan fingerprint density at radius 3 is 2.81 bits per heavy atom. The van der Waals surface area contributed by atoms with E-state index in [2.05, 4.69) is 10.6 Å². The summed E-state index contributed by atoms with van der Waals surface area (Å²) >= 11 is 1.34. The largest absolute Gasteiger partial charge is 0.479 e. The first-order valence-corrected chi connectivity index (χ1v) is 8.08. The predicted octanol–water partition coefficient (Wildman–Crippen LogP) is 2.02. The normalized spacial score (nSPS) is 20.8. The van der Waals surface area contributed by atoms with Gasteiger partial charge < -0.3 is 15.7 Å². The molecule has 0 aromatic carbocycles. The maximum absolute atomic E-state index is 12.6. The van der Waals surface area contributed by atoms with Crippen LogP contribution in [0.4, 0.5) is 0 Å². The third kappa shape index (κ3) is 3.63. The average Bonchev–Trinajstić information content (AvgIpc) is 2.98. The number of amides is 1. The van der Waals surface area contributed by atoms with Gasteiger partial charge in [-0.2, -0.15) is 0 Å². The van der Waals surface area contributed by atoms with Gasteiger partial charge in [0.15, 0.2) is 6.04 Å². The molecule has 2 heterocycles. The molecule has 1 aliphatic rings. The van der Waals surface area contributed by atoms with E-state index in [0.717, 1.165) is 25.9 Å². The van der Waals surface area contributed by atoms with E-state index in [1.807, 2.05) is 19.2 Å². The minimum Gasteiger partial charge on any atom is -0.479 e. The quantitative estimate of drug-likeness (QED) is 0.777. The molecule has 0 saturated carbocycles. The van der Waals surface area contributed by atoms with Crippen molar-refractivity contribution in [2.75, 3.05) is 13.1 Å². The molecule has 21 heavy (non-hydrogen) atoms. The molecule has 6 heteroatoms. The van der Waals surface area contributed by atoms with Crippen molar-refractivity contribution in [3.05, 3.63) is 22.4 Å². The summed E-state index contributed by atoms with van der Waals surface area (Å²) < 4.78 is 0. The highest BCUT2D eigenvalue weighted by Crippen LogP contribution is 2.33. The number of hydrogen-bond acceptors (Lipinski definition) is 4. The summed E-state index contributed by atoms with van der Waals surface area (Å²) in [6, 6.07) is 2.56. The van der Waals surface area contributed by atoms with Crippen molar-refractivity contribution in [1.82, 2.24) is 10.6 Å². The second kappa shape index (κ2) is 6.58. The zero-order chi connectivity index (χ0) is 15.5. The smallest absolute Gasteiger partial charge is 0.331 e. The number of carbonyl (C=O) groups is 2. The molecule has 116 valence electrons. The molecule has 0 bridgehead atoms. The molecule has 2 unspecified atom stereocenters. The maximum atomic E-state index is 12.6. The van der Waals surface area contributed by atoms with Crippen molar-refractivity contribution in [2.24, 2.45) is 11.3 Å². The van der Waals surface area contributed by atoms with E-state index in [4.69, 9.17) is 0 Å². The molecule has 1 aromatic rings. The highest BCUT2D eigenvalue weighted by atomic mass is 32.1. The van der Waals surface area contributed by atoms with Gasteiger partial charge in [0.05, 0.1) is 0 Å². The lowest BCUT2D eigenvalue weighted by molar-refractivity contribution is -0.144. The van der Waals surface area contributed by atoms with E-state index in [-0.39, 0.29) is 11.8 Å². The molecule has 2 rings (SSSR count). The van der Waals surface area contributed by atoms with Crippen molar-refractivity contribution < 1.29 is 14.7 Å². The second-order valence-corrected chi connectivity index (χ2v) is 7.00. The van der Waals surface area contributed by atoms with Crippen LogP contribution in [0.2, 0.25) is 0 Å². The number of rotatable bonds is 5. The van der Waals surface area contributed by atoms with Crippen molar-refractivity contribution in [3.8, 4) is 0 Å². The number of hydrogen-bond donors (Lipinski definition) is 3. The Kier molecular flexibility index (Phi) is 5.00. The van der Waals surface area contributed by atoms with Gasteiger partial charge in [0.1, 0.15) is 0 Å². The highest BCUT2D eigenvalue weighted by Gasteiger charge is 2.39. The van der Waals surface area contributed by atoms with Gasteiger partial charge in [0.25, 0.3) is 0 Å². The molecule has 2 atom stereocenters. The summed E-state index contributed by atoms with van der Waals surface area (Å²) in [7, 11) is 0. The van der Waals surface area contributed by atoms with Gasteiger partial charge in [-0.3, -0.25) is 4.79 Å². The van der Waals surface area contributed by atoms with E-state index in [0.29, 0.717) is 4.88 Å².